The lowest BCUT2D eigenvalue weighted by molar-refractivity contribution is 0.119. The third-order valence-electron chi connectivity index (χ3n) is 5.36. The number of carboxylic acid groups (broad SMARTS) is 1. The summed E-state index contributed by atoms with van der Waals surface area (Å²) in [5.74, 6) is -1.78. The molecule has 0 aromatic heterocycles. The number of nitrogens with two attached hydrogens (primary N) is 1. The summed E-state index contributed by atoms with van der Waals surface area (Å²) in [5, 5.41) is 12.9. The second-order valence-corrected chi connectivity index (χ2v) is 7.49. The standard InChI is InChI=1S/C22H26F2N4O3/c23-19-2-1-3-20(24)18(19)14-28(22(30)31)21(29)27-12-9-17(10-13-27)26-16-6-4-15(5-7-16)8-11-25/h1-7,17,26H,8-14,25H2,(H,30,31). The summed E-state index contributed by atoms with van der Waals surface area (Å²) in [6.07, 6.45) is 0.512. The van der Waals surface area contributed by atoms with E-state index in [2.05, 4.69) is 5.32 Å². The molecule has 3 amide bonds. The van der Waals surface area contributed by atoms with E-state index >= 15 is 0 Å². The third kappa shape index (κ3) is 5.69. The zero-order chi connectivity index (χ0) is 22.4. The molecule has 0 spiro atoms. The second-order valence-electron chi connectivity index (χ2n) is 7.49. The molecule has 7 nitrogen and oxygen atoms in total. The molecule has 0 aliphatic carbocycles. The first-order chi connectivity index (χ1) is 14.9. The lowest BCUT2D eigenvalue weighted by Gasteiger charge is -2.35. The van der Waals surface area contributed by atoms with Crippen LogP contribution in [-0.2, 0) is 13.0 Å². The minimum absolute atomic E-state index is 0.131. The molecular formula is C22H26F2N4O3. The number of carbonyl (C=O) groups is 2. The largest absolute Gasteiger partial charge is 0.465 e. The molecule has 9 heteroatoms. The van der Waals surface area contributed by atoms with Gasteiger partial charge in [-0.05, 0) is 55.6 Å². The molecule has 0 radical (unpaired) electrons. The van der Waals surface area contributed by atoms with E-state index in [-0.39, 0.29) is 6.04 Å². The first kappa shape index (κ1) is 22.5. The maximum Gasteiger partial charge on any atom is 0.415 e. The SMILES string of the molecule is NCCc1ccc(NC2CCN(C(=O)N(Cc3c(F)cccc3F)C(=O)O)CC2)cc1. The number of nitrogens with zero attached hydrogens (tertiary/aromatic N) is 2. The van der Waals surface area contributed by atoms with E-state index in [9.17, 15) is 23.5 Å². The topological polar surface area (TPSA) is 98.9 Å². The van der Waals surface area contributed by atoms with E-state index < -0.39 is 35.9 Å². The fourth-order valence-corrected chi connectivity index (χ4v) is 3.61. The van der Waals surface area contributed by atoms with Gasteiger partial charge >= 0.3 is 12.1 Å². The molecule has 2 aromatic rings. The van der Waals surface area contributed by atoms with Crippen molar-refractivity contribution >= 4 is 17.8 Å². The van der Waals surface area contributed by atoms with Crippen LogP contribution >= 0.6 is 0 Å². The van der Waals surface area contributed by atoms with Crippen molar-refractivity contribution in [3.63, 3.8) is 0 Å². The highest BCUT2D eigenvalue weighted by molar-refractivity contribution is 5.90. The first-order valence-corrected chi connectivity index (χ1v) is 10.2. The molecule has 0 atom stereocenters. The van der Waals surface area contributed by atoms with E-state index in [4.69, 9.17) is 5.73 Å². The summed E-state index contributed by atoms with van der Waals surface area (Å²) in [5.41, 5.74) is 7.23. The summed E-state index contributed by atoms with van der Waals surface area (Å²) >= 11 is 0. The Hall–Kier alpha value is -3.20. The monoisotopic (exact) mass is 432 g/mol. The van der Waals surface area contributed by atoms with Crippen molar-refractivity contribution in [3.8, 4) is 0 Å². The second kappa shape index (κ2) is 10.2. The first-order valence-electron chi connectivity index (χ1n) is 10.2. The van der Waals surface area contributed by atoms with Crippen molar-refractivity contribution in [2.45, 2.75) is 31.8 Å². The third-order valence-corrected chi connectivity index (χ3v) is 5.36. The van der Waals surface area contributed by atoms with E-state index in [0.717, 1.165) is 29.8 Å². The maximum atomic E-state index is 13.9. The fraction of sp³-hybridized carbons (Fsp3) is 0.364. The van der Waals surface area contributed by atoms with Crippen LogP contribution in [0.2, 0.25) is 0 Å². The molecule has 1 fully saturated rings. The molecule has 0 unspecified atom stereocenters. The number of benzene rings is 2. The van der Waals surface area contributed by atoms with Gasteiger partial charge in [0.2, 0.25) is 0 Å². The molecule has 0 bridgehead atoms. The van der Waals surface area contributed by atoms with Gasteiger partial charge in [0.25, 0.3) is 0 Å². The zero-order valence-corrected chi connectivity index (χ0v) is 17.1. The summed E-state index contributed by atoms with van der Waals surface area (Å²) < 4.78 is 27.8. The molecule has 1 saturated heterocycles. The number of rotatable bonds is 6. The van der Waals surface area contributed by atoms with Crippen LogP contribution in [0.4, 0.5) is 24.1 Å². The molecule has 1 aliphatic heterocycles. The van der Waals surface area contributed by atoms with Crippen molar-refractivity contribution in [1.29, 1.82) is 0 Å². The lowest BCUT2D eigenvalue weighted by Crippen LogP contribution is -2.50. The number of anilines is 1. The van der Waals surface area contributed by atoms with Crippen LogP contribution in [-0.4, -0.2) is 52.7 Å². The summed E-state index contributed by atoms with van der Waals surface area (Å²) in [7, 11) is 0. The number of urea groups is 1. The van der Waals surface area contributed by atoms with E-state index in [1.165, 1.54) is 11.0 Å². The molecule has 2 aromatic carbocycles. The molecule has 3 rings (SSSR count). The smallest absolute Gasteiger partial charge is 0.415 e. The zero-order valence-electron chi connectivity index (χ0n) is 17.1. The Balaban J connectivity index is 1.58. The highest BCUT2D eigenvalue weighted by Gasteiger charge is 2.31. The van der Waals surface area contributed by atoms with Gasteiger partial charge in [-0.1, -0.05) is 18.2 Å². The normalized spacial score (nSPS) is 14.4. The van der Waals surface area contributed by atoms with Crippen LogP contribution < -0.4 is 11.1 Å². The quantitative estimate of drug-likeness (QED) is 0.647. The number of hydrogen-bond donors (Lipinski definition) is 3. The average molecular weight is 432 g/mol. The Morgan fingerprint density at radius 3 is 2.26 bits per heavy atom. The minimum Gasteiger partial charge on any atom is -0.465 e. The van der Waals surface area contributed by atoms with Crippen molar-refractivity contribution in [2.75, 3.05) is 25.0 Å². The fourth-order valence-electron chi connectivity index (χ4n) is 3.61. The van der Waals surface area contributed by atoms with Gasteiger partial charge in [0.15, 0.2) is 0 Å². The number of likely N-dealkylation sites (tertiary alicyclic amines) is 1. The van der Waals surface area contributed by atoms with Gasteiger partial charge < -0.3 is 21.1 Å². The summed E-state index contributed by atoms with van der Waals surface area (Å²) in [6.45, 7) is 0.590. The van der Waals surface area contributed by atoms with Crippen molar-refractivity contribution in [3.05, 3.63) is 65.2 Å². The van der Waals surface area contributed by atoms with E-state index in [1.54, 1.807) is 0 Å². The van der Waals surface area contributed by atoms with Crippen molar-refractivity contribution < 1.29 is 23.5 Å². The Kier molecular flexibility index (Phi) is 7.41. The van der Waals surface area contributed by atoms with Crippen LogP contribution in [0.3, 0.4) is 0 Å². The Morgan fingerprint density at radius 1 is 1.10 bits per heavy atom. The van der Waals surface area contributed by atoms with Crippen LogP contribution in [0.1, 0.15) is 24.0 Å². The van der Waals surface area contributed by atoms with Gasteiger partial charge in [-0.2, -0.15) is 0 Å². The van der Waals surface area contributed by atoms with E-state index in [0.29, 0.717) is 37.4 Å². The van der Waals surface area contributed by atoms with Gasteiger partial charge in [0, 0.05) is 30.4 Å². The number of piperidine rings is 1. The lowest BCUT2D eigenvalue weighted by atomic mass is 10.0. The minimum atomic E-state index is -1.55. The maximum absolute atomic E-state index is 13.9. The van der Waals surface area contributed by atoms with Crippen LogP contribution in [0, 0.1) is 11.6 Å². The predicted molar refractivity (Wildman–Crippen MR) is 113 cm³/mol. The van der Waals surface area contributed by atoms with Crippen LogP contribution in [0.15, 0.2) is 42.5 Å². The van der Waals surface area contributed by atoms with Crippen molar-refractivity contribution in [2.24, 2.45) is 5.73 Å². The molecule has 0 saturated carbocycles. The molecule has 4 N–H and O–H groups in total. The van der Waals surface area contributed by atoms with Gasteiger partial charge in [-0.15, -0.1) is 0 Å². The van der Waals surface area contributed by atoms with Gasteiger partial charge in [-0.25, -0.2) is 23.3 Å². The Labute approximate surface area is 179 Å². The number of amides is 3. The van der Waals surface area contributed by atoms with Gasteiger partial charge in [-0.3, -0.25) is 0 Å². The number of halogens is 2. The predicted octanol–water partition coefficient (Wildman–Crippen LogP) is 3.64. The molecule has 1 heterocycles. The summed E-state index contributed by atoms with van der Waals surface area (Å²) in [6, 6.07) is 10.6. The number of nitrogens with one attached hydrogen (secondary N) is 1. The molecule has 31 heavy (non-hydrogen) atoms. The van der Waals surface area contributed by atoms with Crippen molar-refractivity contribution in [1.82, 2.24) is 9.80 Å². The Bertz CT molecular complexity index is 895. The highest BCUT2D eigenvalue weighted by atomic mass is 19.1. The average Bonchev–Trinajstić information content (AvgIpc) is 2.75. The molecule has 166 valence electrons. The number of carbonyl (C=O) groups excluding carboxylic acids is 1. The molecule has 1 aliphatic rings. The number of imide groups is 1. The van der Waals surface area contributed by atoms with Crippen LogP contribution in [0.5, 0.6) is 0 Å². The summed E-state index contributed by atoms with van der Waals surface area (Å²) in [4.78, 5) is 26.2. The highest BCUT2D eigenvalue weighted by Crippen LogP contribution is 2.20. The van der Waals surface area contributed by atoms with E-state index in [1.807, 2.05) is 24.3 Å². The Morgan fingerprint density at radius 2 is 1.71 bits per heavy atom. The van der Waals surface area contributed by atoms with Crippen LogP contribution in [0.25, 0.3) is 0 Å². The molecular weight excluding hydrogens is 406 g/mol. The van der Waals surface area contributed by atoms with Gasteiger partial charge in [0.1, 0.15) is 11.6 Å². The number of hydrogen-bond acceptors (Lipinski definition) is 4. The van der Waals surface area contributed by atoms with Gasteiger partial charge in [0.05, 0.1) is 6.54 Å².